The van der Waals surface area contributed by atoms with Crippen LogP contribution in [0.2, 0.25) is 6.32 Å². The quantitative estimate of drug-likeness (QED) is 0.482. The summed E-state index contributed by atoms with van der Waals surface area (Å²) in [6, 6.07) is 2.34. The Morgan fingerprint density at radius 3 is 2.76 bits per heavy atom. The van der Waals surface area contributed by atoms with E-state index in [1.165, 1.54) is 11.0 Å². The molecule has 3 aliphatic rings. The first kappa shape index (κ1) is 19.4. The molecule has 11 heteroatoms. The lowest BCUT2D eigenvalue weighted by Crippen LogP contribution is -2.60. The van der Waals surface area contributed by atoms with Gasteiger partial charge in [0.25, 0.3) is 0 Å². The number of carbonyl (C=O) groups is 2. The zero-order chi connectivity index (χ0) is 20.8. The molecule has 1 fully saturated rings. The molecule has 1 atom stereocenters. The van der Waals surface area contributed by atoms with Gasteiger partial charge in [0.1, 0.15) is 23.5 Å². The largest absolute Gasteiger partial charge is 0.669 e. The van der Waals surface area contributed by atoms with Crippen molar-refractivity contribution in [3.05, 3.63) is 35.0 Å². The first-order valence-corrected chi connectivity index (χ1v) is 9.37. The second kappa shape index (κ2) is 7.18. The van der Waals surface area contributed by atoms with E-state index < -0.39 is 24.9 Å². The lowest BCUT2D eigenvalue weighted by Gasteiger charge is -2.41. The molecule has 5 N–H and O–H groups in total. The van der Waals surface area contributed by atoms with Crippen LogP contribution in [0.1, 0.15) is 22.3 Å². The number of amides is 1. The summed E-state index contributed by atoms with van der Waals surface area (Å²) in [4.78, 5) is 29.8. The van der Waals surface area contributed by atoms with Crippen molar-refractivity contribution in [3.63, 3.8) is 0 Å². The Morgan fingerprint density at radius 2 is 2.10 bits per heavy atom. The van der Waals surface area contributed by atoms with Crippen LogP contribution in [0, 0.1) is 0 Å². The van der Waals surface area contributed by atoms with Gasteiger partial charge < -0.3 is 35.2 Å². The fraction of sp³-hybridized carbons (Fsp3) is 0.389. The maximum atomic E-state index is 12.4. The third-order valence-corrected chi connectivity index (χ3v) is 5.22. The van der Waals surface area contributed by atoms with E-state index in [4.69, 9.17) is 15.1 Å². The third kappa shape index (κ3) is 3.71. The number of aromatic carboxylic acids is 1. The number of aliphatic imine (C=N–C) groups is 1. The number of hydrogen-bond donors (Lipinski definition) is 4. The number of nitrogens with two attached hydrogens (primary N) is 1. The smallest absolute Gasteiger partial charge is 0.430 e. The SMILES string of the molecule is N[C@H](C(=O)N1CC(Oc2ccc3c(c2C(=O)O)O[B-](O)(O)CC3)C1)C1=CCC=N1. The van der Waals surface area contributed by atoms with Crippen molar-refractivity contribution in [1.29, 1.82) is 0 Å². The van der Waals surface area contributed by atoms with Gasteiger partial charge in [0, 0.05) is 12.6 Å². The Labute approximate surface area is 166 Å². The number of ether oxygens (including phenoxy) is 1. The molecule has 154 valence electrons. The van der Waals surface area contributed by atoms with E-state index in [1.54, 1.807) is 18.4 Å². The number of likely N-dealkylation sites (tertiary alicyclic amines) is 1. The van der Waals surface area contributed by atoms with Crippen molar-refractivity contribution in [2.45, 2.75) is 31.3 Å². The topological polar surface area (TPSA) is 155 Å². The molecule has 1 aromatic rings. The summed E-state index contributed by atoms with van der Waals surface area (Å²) in [6.07, 6.45) is 4.00. The molecular weight excluding hydrogens is 381 g/mol. The monoisotopic (exact) mass is 402 g/mol. The molecule has 0 unspecified atom stereocenters. The van der Waals surface area contributed by atoms with Gasteiger partial charge in [-0.3, -0.25) is 9.79 Å². The maximum Gasteiger partial charge on any atom is 0.430 e. The molecule has 0 saturated carbocycles. The average molecular weight is 402 g/mol. The third-order valence-electron chi connectivity index (χ3n) is 5.22. The summed E-state index contributed by atoms with van der Waals surface area (Å²) in [5, 5.41) is 29.2. The van der Waals surface area contributed by atoms with E-state index in [2.05, 4.69) is 4.99 Å². The molecule has 0 aliphatic carbocycles. The van der Waals surface area contributed by atoms with E-state index in [0.717, 1.165) is 0 Å². The summed E-state index contributed by atoms with van der Waals surface area (Å²) in [5.41, 5.74) is 6.79. The van der Waals surface area contributed by atoms with Crippen molar-refractivity contribution >= 4 is 24.8 Å². The van der Waals surface area contributed by atoms with Crippen LogP contribution in [-0.2, 0) is 11.2 Å². The van der Waals surface area contributed by atoms with Gasteiger partial charge in [-0.1, -0.05) is 18.5 Å². The van der Waals surface area contributed by atoms with Crippen LogP contribution in [0.4, 0.5) is 0 Å². The molecule has 4 rings (SSSR count). The highest BCUT2D eigenvalue weighted by molar-refractivity contribution is 6.59. The van der Waals surface area contributed by atoms with E-state index in [1.807, 2.05) is 0 Å². The predicted octanol–water partition coefficient (Wildman–Crippen LogP) is -0.481. The van der Waals surface area contributed by atoms with Crippen LogP contribution in [0.3, 0.4) is 0 Å². The summed E-state index contributed by atoms with van der Waals surface area (Å²) in [6.45, 7) is -2.59. The van der Waals surface area contributed by atoms with E-state index >= 15 is 0 Å². The zero-order valence-corrected chi connectivity index (χ0v) is 15.5. The Balaban J connectivity index is 1.45. The first-order valence-electron chi connectivity index (χ1n) is 9.37. The summed E-state index contributed by atoms with van der Waals surface area (Å²) in [5.74, 6) is -1.61. The van der Waals surface area contributed by atoms with E-state index in [-0.39, 0.29) is 48.8 Å². The van der Waals surface area contributed by atoms with Crippen molar-refractivity contribution in [3.8, 4) is 11.5 Å². The molecule has 0 spiro atoms. The van der Waals surface area contributed by atoms with Gasteiger partial charge in [0.2, 0.25) is 5.91 Å². The summed E-state index contributed by atoms with van der Waals surface area (Å²) in [7, 11) is 0. The number of allylic oxidation sites excluding steroid dienone is 1. The second-order valence-corrected chi connectivity index (χ2v) is 7.38. The standard InChI is InChI=1S/C18H21BN3O7/c20-15(12-2-1-7-21-12)17(23)22-8-11(9-22)28-13-4-3-10-5-6-19(26,27)29-16(10)14(13)18(24)25/h2-4,7,11,15,26-27H,1,5-6,8-9,20H2,(H,24,25)/q-1/t15-/m0/s1. The molecule has 1 amide bonds. The highest BCUT2D eigenvalue weighted by Crippen LogP contribution is 2.39. The van der Waals surface area contributed by atoms with Crippen LogP contribution in [-0.4, -0.2) is 70.1 Å². The average Bonchev–Trinajstić information content (AvgIpc) is 3.16. The first-order chi connectivity index (χ1) is 13.7. The zero-order valence-electron chi connectivity index (χ0n) is 15.5. The molecule has 3 aliphatic heterocycles. The molecule has 0 aromatic heterocycles. The number of carboxylic acids is 1. The number of carboxylic acid groups (broad SMARTS) is 1. The molecule has 3 heterocycles. The van der Waals surface area contributed by atoms with Crippen LogP contribution in [0.15, 0.2) is 28.9 Å². The number of benzene rings is 1. The van der Waals surface area contributed by atoms with Gasteiger partial charge in [0.15, 0.2) is 0 Å². The molecule has 0 bridgehead atoms. The van der Waals surface area contributed by atoms with Crippen LogP contribution in [0.5, 0.6) is 11.5 Å². The molecule has 1 aromatic carbocycles. The molecule has 1 saturated heterocycles. The minimum Gasteiger partial charge on any atom is -0.669 e. The van der Waals surface area contributed by atoms with Crippen molar-refractivity contribution in [2.75, 3.05) is 13.1 Å². The van der Waals surface area contributed by atoms with Crippen molar-refractivity contribution in [2.24, 2.45) is 10.7 Å². The van der Waals surface area contributed by atoms with E-state index in [9.17, 15) is 24.7 Å². The Morgan fingerprint density at radius 1 is 1.34 bits per heavy atom. The van der Waals surface area contributed by atoms with Crippen LogP contribution in [0.25, 0.3) is 0 Å². The number of carbonyl (C=O) groups excluding carboxylic acids is 1. The Hall–Kier alpha value is -2.89. The van der Waals surface area contributed by atoms with Crippen molar-refractivity contribution in [1.82, 2.24) is 4.90 Å². The van der Waals surface area contributed by atoms with Gasteiger partial charge >= 0.3 is 12.7 Å². The number of nitrogens with zero attached hydrogens (tertiary/aromatic N) is 2. The predicted molar refractivity (Wildman–Crippen MR) is 103 cm³/mol. The highest BCUT2D eigenvalue weighted by Gasteiger charge is 2.38. The summed E-state index contributed by atoms with van der Waals surface area (Å²) < 4.78 is 10.9. The number of aryl methyl sites for hydroxylation is 1. The minimum absolute atomic E-state index is 0.00725. The number of hydrogen-bond acceptors (Lipinski definition) is 8. The molecule has 29 heavy (non-hydrogen) atoms. The number of rotatable bonds is 5. The second-order valence-electron chi connectivity index (χ2n) is 7.38. The van der Waals surface area contributed by atoms with Crippen LogP contribution < -0.4 is 15.1 Å². The summed E-state index contributed by atoms with van der Waals surface area (Å²) >= 11 is 0. The Bertz CT molecular complexity index is 924. The van der Waals surface area contributed by atoms with Gasteiger partial charge in [-0.05, 0) is 18.1 Å². The molecular formula is C18H21BN3O7-. The normalized spacial score (nSPS) is 20.9. The van der Waals surface area contributed by atoms with Crippen molar-refractivity contribution < 1.29 is 34.1 Å². The highest BCUT2D eigenvalue weighted by atomic mass is 16.6. The minimum atomic E-state index is -3.10. The van der Waals surface area contributed by atoms with Gasteiger partial charge in [-0.25, -0.2) is 4.79 Å². The fourth-order valence-corrected chi connectivity index (χ4v) is 3.62. The Kier molecular flexibility index (Phi) is 4.81. The fourth-order valence-electron chi connectivity index (χ4n) is 3.62. The lowest BCUT2D eigenvalue weighted by atomic mass is 9.70. The van der Waals surface area contributed by atoms with Gasteiger partial charge in [-0.15, -0.1) is 0 Å². The van der Waals surface area contributed by atoms with Crippen LogP contribution >= 0.6 is 0 Å². The molecule has 10 nitrogen and oxygen atoms in total. The number of fused-ring (bicyclic) bond motifs is 1. The molecule has 0 radical (unpaired) electrons. The van der Waals surface area contributed by atoms with E-state index in [0.29, 0.717) is 17.7 Å². The lowest BCUT2D eigenvalue weighted by molar-refractivity contribution is -0.140. The maximum absolute atomic E-state index is 12.4. The van der Waals surface area contributed by atoms with Gasteiger partial charge in [0.05, 0.1) is 24.5 Å². The van der Waals surface area contributed by atoms with Gasteiger partial charge in [-0.2, -0.15) is 0 Å².